The lowest BCUT2D eigenvalue weighted by Crippen LogP contribution is -2.11. The second kappa shape index (κ2) is 6.13. The highest BCUT2D eigenvalue weighted by Gasteiger charge is 2.14. The maximum atomic E-state index is 11.7. The number of nitrogen functional groups attached to an aromatic ring is 1. The summed E-state index contributed by atoms with van der Waals surface area (Å²) in [4.78, 5) is 11.7. The van der Waals surface area contributed by atoms with Crippen molar-refractivity contribution in [2.75, 3.05) is 18.9 Å². The standard InChI is InChI=1S/C13H19NO3/c1-4-16-13(15)11-6-5-10(14)7-12(11)17-8-9(2)3/h5-7,9H,4,8,14H2,1-3H3. The highest BCUT2D eigenvalue weighted by atomic mass is 16.5. The lowest BCUT2D eigenvalue weighted by molar-refractivity contribution is 0.0521. The van der Waals surface area contributed by atoms with Crippen LogP contribution in [0.4, 0.5) is 5.69 Å². The number of hydrogen-bond donors (Lipinski definition) is 1. The number of rotatable bonds is 5. The molecule has 0 aliphatic carbocycles. The molecule has 0 fully saturated rings. The van der Waals surface area contributed by atoms with Gasteiger partial charge in [0.15, 0.2) is 0 Å². The molecule has 0 unspecified atom stereocenters. The fourth-order valence-corrected chi connectivity index (χ4v) is 1.29. The van der Waals surface area contributed by atoms with Gasteiger partial charge in [-0.2, -0.15) is 0 Å². The van der Waals surface area contributed by atoms with Crippen molar-refractivity contribution >= 4 is 11.7 Å². The molecular formula is C13H19NO3. The summed E-state index contributed by atoms with van der Waals surface area (Å²) in [6.45, 7) is 6.72. The van der Waals surface area contributed by atoms with Gasteiger partial charge in [-0.1, -0.05) is 13.8 Å². The predicted octanol–water partition coefficient (Wildman–Crippen LogP) is 2.48. The largest absolute Gasteiger partial charge is 0.492 e. The van der Waals surface area contributed by atoms with Crippen LogP contribution in [-0.2, 0) is 4.74 Å². The van der Waals surface area contributed by atoms with Gasteiger partial charge in [0, 0.05) is 11.8 Å². The molecule has 0 saturated heterocycles. The normalized spacial score (nSPS) is 10.4. The molecule has 1 aromatic carbocycles. The van der Waals surface area contributed by atoms with Gasteiger partial charge in [0.2, 0.25) is 0 Å². The van der Waals surface area contributed by atoms with Crippen molar-refractivity contribution in [3.05, 3.63) is 23.8 Å². The molecule has 1 aromatic rings. The van der Waals surface area contributed by atoms with E-state index in [2.05, 4.69) is 0 Å². The molecule has 2 N–H and O–H groups in total. The Labute approximate surface area is 102 Å². The minimum atomic E-state index is -0.383. The van der Waals surface area contributed by atoms with Crippen LogP contribution in [0, 0.1) is 5.92 Å². The molecule has 0 spiro atoms. The molecule has 4 heteroatoms. The van der Waals surface area contributed by atoms with Crippen LogP contribution >= 0.6 is 0 Å². The third kappa shape index (κ3) is 3.98. The van der Waals surface area contributed by atoms with E-state index in [0.717, 1.165) is 0 Å². The first-order chi connectivity index (χ1) is 8.04. The summed E-state index contributed by atoms with van der Waals surface area (Å²) in [6.07, 6.45) is 0. The summed E-state index contributed by atoms with van der Waals surface area (Å²) < 4.78 is 10.5. The number of esters is 1. The molecule has 0 amide bonds. The smallest absolute Gasteiger partial charge is 0.341 e. The minimum absolute atomic E-state index is 0.340. The Kier molecular flexibility index (Phi) is 4.82. The summed E-state index contributed by atoms with van der Waals surface area (Å²) in [5.41, 5.74) is 6.66. The van der Waals surface area contributed by atoms with E-state index in [-0.39, 0.29) is 5.97 Å². The Morgan fingerprint density at radius 1 is 1.41 bits per heavy atom. The van der Waals surface area contributed by atoms with Crippen molar-refractivity contribution in [3.63, 3.8) is 0 Å². The van der Waals surface area contributed by atoms with Crippen LogP contribution in [0.3, 0.4) is 0 Å². The molecule has 94 valence electrons. The van der Waals surface area contributed by atoms with Crippen molar-refractivity contribution in [2.45, 2.75) is 20.8 Å². The molecule has 0 bridgehead atoms. The van der Waals surface area contributed by atoms with Gasteiger partial charge in [0.25, 0.3) is 0 Å². The van der Waals surface area contributed by atoms with Crippen molar-refractivity contribution in [2.24, 2.45) is 5.92 Å². The molecule has 0 aliphatic heterocycles. The second-order valence-electron chi connectivity index (χ2n) is 4.18. The first-order valence-corrected chi connectivity index (χ1v) is 5.74. The van der Waals surface area contributed by atoms with E-state index in [0.29, 0.717) is 36.1 Å². The number of benzene rings is 1. The number of carbonyl (C=O) groups is 1. The van der Waals surface area contributed by atoms with Crippen LogP contribution in [0.15, 0.2) is 18.2 Å². The zero-order chi connectivity index (χ0) is 12.8. The minimum Gasteiger partial charge on any atom is -0.492 e. The van der Waals surface area contributed by atoms with Gasteiger partial charge in [0.05, 0.1) is 13.2 Å². The fourth-order valence-electron chi connectivity index (χ4n) is 1.29. The first kappa shape index (κ1) is 13.4. The predicted molar refractivity (Wildman–Crippen MR) is 67.1 cm³/mol. The number of carbonyl (C=O) groups excluding carboxylic acids is 1. The van der Waals surface area contributed by atoms with Crippen molar-refractivity contribution in [1.82, 2.24) is 0 Å². The van der Waals surface area contributed by atoms with Crippen LogP contribution in [0.5, 0.6) is 5.75 Å². The highest BCUT2D eigenvalue weighted by Crippen LogP contribution is 2.23. The summed E-state index contributed by atoms with van der Waals surface area (Å²) in [5, 5.41) is 0. The zero-order valence-corrected chi connectivity index (χ0v) is 10.5. The van der Waals surface area contributed by atoms with E-state index in [1.54, 1.807) is 25.1 Å². The van der Waals surface area contributed by atoms with E-state index >= 15 is 0 Å². The van der Waals surface area contributed by atoms with Gasteiger partial charge in [-0.05, 0) is 25.0 Å². The first-order valence-electron chi connectivity index (χ1n) is 5.74. The Morgan fingerprint density at radius 3 is 2.71 bits per heavy atom. The van der Waals surface area contributed by atoms with Gasteiger partial charge < -0.3 is 15.2 Å². The van der Waals surface area contributed by atoms with Gasteiger partial charge >= 0.3 is 5.97 Å². The lowest BCUT2D eigenvalue weighted by Gasteiger charge is -2.13. The number of ether oxygens (including phenoxy) is 2. The Morgan fingerprint density at radius 2 is 2.12 bits per heavy atom. The van der Waals surface area contributed by atoms with E-state index in [1.807, 2.05) is 13.8 Å². The second-order valence-corrected chi connectivity index (χ2v) is 4.18. The summed E-state index contributed by atoms with van der Waals surface area (Å²) in [6, 6.07) is 4.94. The molecule has 0 heterocycles. The van der Waals surface area contributed by atoms with Crippen molar-refractivity contribution in [3.8, 4) is 5.75 Å². The van der Waals surface area contributed by atoms with E-state index in [9.17, 15) is 4.79 Å². The number of hydrogen-bond acceptors (Lipinski definition) is 4. The van der Waals surface area contributed by atoms with Gasteiger partial charge in [0.1, 0.15) is 11.3 Å². The fraction of sp³-hybridized carbons (Fsp3) is 0.462. The van der Waals surface area contributed by atoms with Crippen LogP contribution in [0.1, 0.15) is 31.1 Å². The summed E-state index contributed by atoms with van der Waals surface area (Å²) >= 11 is 0. The van der Waals surface area contributed by atoms with E-state index in [1.165, 1.54) is 0 Å². The van der Waals surface area contributed by atoms with Crippen molar-refractivity contribution in [1.29, 1.82) is 0 Å². The molecule has 0 saturated carbocycles. The molecule has 17 heavy (non-hydrogen) atoms. The molecular weight excluding hydrogens is 218 g/mol. The average molecular weight is 237 g/mol. The Balaban J connectivity index is 2.91. The van der Waals surface area contributed by atoms with Gasteiger partial charge in [-0.3, -0.25) is 0 Å². The van der Waals surface area contributed by atoms with Crippen LogP contribution in [0.25, 0.3) is 0 Å². The van der Waals surface area contributed by atoms with Crippen LogP contribution in [0.2, 0.25) is 0 Å². The third-order valence-electron chi connectivity index (χ3n) is 2.07. The van der Waals surface area contributed by atoms with E-state index in [4.69, 9.17) is 15.2 Å². The molecule has 0 aromatic heterocycles. The van der Waals surface area contributed by atoms with E-state index < -0.39 is 0 Å². The zero-order valence-electron chi connectivity index (χ0n) is 10.5. The Bertz CT molecular complexity index is 388. The summed E-state index contributed by atoms with van der Waals surface area (Å²) in [7, 11) is 0. The third-order valence-corrected chi connectivity index (χ3v) is 2.07. The number of anilines is 1. The highest BCUT2D eigenvalue weighted by molar-refractivity contribution is 5.93. The van der Waals surface area contributed by atoms with Gasteiger partial charge in [-0.15, -0.1) is 0 Å². The quantitative estimate of drug-likeness (QED) is 0.631. The molecule has 0 radical (unpaired) electrons. The summed E-state index contributed by atoms with van der Waals surface area (Å²) in [5.74, 6) is 0.481. The topological polar surface area (TPSA) is 61.5 Å². The SMILES string of the molecule is CCOC(=O)c1ccc(N)cc1OCC(C)C. The number of nitrogens with two attached hydrogens (primary N) is 1. The Hall–Kier alpha value is -1.71. The maximum absolute atomic E-state index is 11.7. The maximum Gasteiger partial charge on any atom is 0.341 e. The van der Waals surface area contributed by atoms with Crippen molar-refractivity contribution < 1.29 is 14.3 Å². The van der Waals surface area contributed by atoms with Crippen LogP contribution in [-0.4, -0.2) is 19.2 Å². The monoisotopic (exact) mass is 237 g/mol. The molecule has 1 rings (SSSR count). The molecule has 4 nitrogen and oxygen atoms in total. The molecule has 0 atom stereocenters. The molecule has 0 aliphatic rings. The van der Waals surface area contributed by atoms with Crippen LogP contribution < -0.4 is 10.5 Å². The lowest BCUT2D eigenvalue weighted by atomic mass is 10.2. The van der Waals surface area contributed by atoms with Gasteiger partial charge in [-0.25, -0.2) is 4.79 Å². The average Bonchev–Trinajstić information content (AvgIpc) is 2.26.